The molecule has 0 saturated carbocycles. The molecule has 0 spiro atoms. The van der Waals surface area contributed by atoms with Crippen LogP contribution in [0.5, 0.6) is 0 Å². The SMILES string of the molecule is [CH2]/C=C(\C)CC/C=C(\C)CC/C=C(\C)CC/C=C(\C)CC/C=C(\C)CC/C=C(\C)CC/C=C(\C)CC/C=C(\C)CCC=C(C)C. The maximum absolute atomic E-state index is 3.85. The highest BCUT2D eigenvalue weighted by Crippen LogP contribution is 2.17. The summed E-state index contributed by atoms with van der Waals surface area (Å²) in [7, 11) is 0. The van der Waals surface area contributed by atoms with Gasteiger partial charge in [0, 0.05) is 0 Å². The smallest absolute Gasteiger partial charge is 0.0288 e. The third-order valence-corrected chi connectivity index (χ3v) is 8.66. The van der Waals surface area contributed by atoms with Crippen molar-refractivity contribution < 1.29 is 0 Å². The van der Waals surface area contributed by atoms with E-state index in [1.165, 1.54) is 114 Å². The third-order valence-electron chi connectivity index (χ3n) is 8.66. The van der Waals surface area contributed by atoms with E-state index in [2.05, 4.69) is 125 Å². The van der Waals surface area contributed by atoms with Gasteiger partial charge < -0.3 is 0 Å². The zero-order valence-corrected chi connectivity index (χ0v) is 31.7. The maximum atomic E-state index is 3.85. The van der Waals surface area contributed by atoms with E-state index >= 15 is 0 Å². The summed E-state index contributed by atoms with van der Waals surface area (Å²) in [6, 6.07) is 0. The van der Waals surface area contributed by atoms with E-state index in [9.17, 15) is 0 Å². The lowest BCUT2D eigenvalue weighted by Crippen LogP contribution is -1.84. The van der Waals surface area contributed by atoms with E-state index in [1.54, 1.807) is 0 Å². The first kappa shape index (κ1) is 42.7. The van der Waals surface area contributed by atoms with Gasteiger partial charge in [0.2, 0.25) is 0 Å². The van der Waals surface area contributed by atoms with Crippen molar-refractivity contribution in [2.24, 2.45) is 0 Å². The Labute approximate surface area is 283 Å². The summed E-state index contributed by atoms with van der Waals surface area (Å²) < 4.78 is 0. The van der Waals surface area contributed by atoms with Crippen LogP contribution in [0.1, 0.15) is 172 Å². The predicted octanol–water partition coefficient (Wildman–Crippen LogP) is 15.6. The molecule has 1 radical (unpaired) electrons. The van der Waals surface area contributed by atoms with Gasteiger partial charge in [0.1, 0.15) is 0 Å². The lowest BCUT2D eigenvalue weighted by atomic mass is 10.0. The molecule has 0 heterocycles. The van der Waals surface area contributed by atoms with Crippen molar-refractivity contribution in [3.8, 4) is 0 Å². The molecule has 0 atom stereocenters. The van der Waals surface area contributed by atoms with E-state index in [1.807, 2.05) is 6.08 Å². The Morgan fingerprint density at radius 2 is 0.467 bits per heavy atom. The molecule has 0 unspecified atom stereocenters. The number of allylic oxidation sites excluding steroid dienone is 18. The average molecular weight is 614 g/mol. The molecule has 0 amide bonds. The van der Waals surface area contributed by atoms with Gasteiger partial charge in [-0.25, -0.2) is 0 Å². The summed E-state index contributed by atoms with van der Waals surface area (Å²) in [6.07, 6.45) is 40.1. The van der Waals surface area contributed by atoms with Crippen LogP contribution in [-0.2, 0) is 0 Å². The summed E-state index contributed by atoms with van der Waals surface area (Å²) in [5, 5.41) is 0. The minimum Gasteiger partial charge on any atom is -0.0856 e. The van der Waals surface area contributed by atoms with Gasteiger partial charge in [-0.3, -0.25) is 0 Å². The van der Waals surface area contributed by atoms with Crippen LogP contribution in [0.25, 0.3) is 0 Å². The first-order valence-electron chi connectivity index (χ1n) is 18.1. The molecule has 0 N–H and O–H groups in total. The molecule has 0 aromatic heterocycles. The molecule has 0 nitrogen and oxygen atoms in total. The van der Waals surface area contributed by atoms with Gasteiger partial charge in [0.15, 0.2) is 0 Å². The normalized spacial score (nSPS) is 14.8. The molecule has 0 saturated heterocycles. The van der Waals surface area contributed by atoms with Gasteiger partial charge in [-0.05, 0) is 179 Å². The standard InChI is InChI=1S/C45H73/c1-12-38(4)22-14-24-40(6)26-16-28-42(8)30-18-32-44(10)34-20-36-45(11)35-19-33-43(9)31-17-29-41(7)27-15-25-39(5)23-13-21-37(2)3/h12,21,24-25,28-29,32-33,36H,1,13-20,22-23,26-27,30-31,34-35H2,2-11H3/b38-12+,39-25+,40-24+,41-29+,42-28+,43-33+,44-32+,45-36+. The Hall–Kier alpha value is -2.34. The van der Waals surface area contributed by atoms with Crippen LogP contribution in [0.4, 0.5) is 0 Å². The summed E-state index contributed by atoms with van der Waals surface area (Å²) in [4.78, 5) is 0. The van der Waals surface area contributed by atoms with Crippen molar-refractivity contribution >= 4 is 0 Å². The largest absolute Gasteiger partial charge is 0.0856 e. The zero-order chi connectivity index (χ0) is 33.9. The molecule has 0 heteroatoms. The Morgan fingerprint density at radius 3 is 0.644 bits per heavy atom. The molecule has 0 aromatic carbocycles. The highest BCUT2D eigenvalue weighted by atomic mass is 14.0. The van der Waals surface area contributed by atoms with E-state index < -0.39 is 0 Å². The lowest BCUT2D eigenvalue weighted by molar-refractivity contribution is 0.880. The zero-order valence-electron chi connectivity index (χ0n) is 31.7. The van der Waals surface area contributed by atoms with Crippen LogP contribution in [0.3, 0.4) is 0 Å². The van der Waals surface area contributed by atoms with Gasteiger partial charge in [0.25, 0.3) is 0 Å². The first-order chi connectivity index (χ1) is 21.4. The van der Waals surface area contributed by atoms with Crippen molar-refractivity contribution in [3.63, 3.8) is 0 Å². The van der Waals surface area contributed by atoms with Gasteiger partial charge in [-0.1, -0.05) is 105 Å². The summed E-state index contributed by atoms with van der Waals surface area (Å²) in [5.74, 6) is 0. The first-order valence-corrected chi connectivity index (χ1v) is 18.1. The molecule has 45 heavy (non-hydrogen) atoms. The summed E-state index contributed by atoms with van der Waals surface area (Å²) >= 11 is 0. The van der Waals surface area contributed by atoms with Gasteiger partial charge in [-0.15, -0.1) is 0 Å². The van der Waals surface area contributed by atoms with E-state index in [0.717, 1.165) is 38.5 Å². The molecule has 0 aliphatic carbocycles. The maximum Gasteiger partial charge on any atom is -0.0288 e. The van der Waals surface area contributed by atoms with Crippen LogP contribution >= 0.6 is 0 Å². The molecule has 0 aromatic rings. The fourth-order valence-electron chi connectivity index (χ4n) is 5.23. The van der Waals surface area contributed by atoms with E-state index in [-0.39, 0.29) is 0 Å². The Bertz CT molecular complexity index is 1080. The lowest BCUT2D eigenvalue weighted by Gasteiger charge is -2.04. The van der Waals surface area contributed by atoms with Gasteiger partial charge in [-0.2, -0.15) is 0 Å². The average Bonchev–Trinajstić information content (AvgIpc) is 2.96. The highest BCUT2D eigenvalue weighted by Gasteiger charge is 1.97. The van der Waals surface area contributed by atoms with Crippen LogP contribution in [0.2, 0.25) is 0 Å². The van der Waals surface area contributed by atoms with Crippen molar-refractivity contribution in [1.29, 1.82) is 0 Å². The minimum atomic E-state index is 1.13. The van der Waals surface area contributed by atoms with Crippen LogP contribution in [0, 0.1) is 6.92 Å². The fourth-order valence-corrected chi connectivity index (χ4v) is 5.23. The van der Waals surface area contributed by atoms with E-state index in [0.29, 0.717) is 0 Å². The highest BCUT2D eigenvalue weighted by molar-refractivity contribution is 5.10. The predicted molar refractivity (Wildman–Crippen MR) is 209 cm³/mol. The van der Waals surface area contributed by atoms with Gasteiger partial charge in [0.05, 0.1) is 0 Å². The summed E-state index contributed by atoms with van der Waals surface area (Å²) in [5.41, 5.74) is 13.5. The molecule has 253 valence electrons. The van der Waals surface area contributed by atoms with Gasteiger partial charge >= 0.3 is 0 Å². The second kappa shape index (κ2) is 27.9. The minimum absolute atomic E-state index is 1.13. The molecule has 0 aliphatic rings. The third kappa shape index (κ3) is 28.8. The fraction of sp³-hybridized carbons (Fsp3) is 0.578. The van der Waals surface area contributed by atoms with Crippen LogP contribution < -0.4 is 0 Å². The second-order valence-electron chi connectivity index (χ2n) is 14.0. The molecule has 0 bridgehead atoms. The van der Waals surface area contributed by atoms with Crippen molar-refractivity contribution in [2.45, 2.75) is 172 Å². The quantitative estimate of drug-likeness (QED) is 0.0950. The Morgan fingerprint density at radius 1 is 0.289 bits per heavy atom. The second-order valence-corrected chi connectivity index (χ2v) is 14.0. The number of hydrogen-bond donors (Lipinski definition) is 0. The summed E-state index contributed by atoms with van der Waals surface area (Å²) in [6.45, 7) is 26.4. The Balaban J connectivity index is 4.21. The molecular weight excluding hydrogens is 540 g/mol. The number of hydrogen-bond acceptors (Lipinski definition) is 0. The molecule has 0 aliphatic heterocycles. The monoisotopic (exact) mass is 614 g/mol. The molecular formula is C45H73. The molecule has 0 fully saturated rings. The topological polar surface area (TPSA) is 0 Å². The van der Waals surface area contributed by atoms with Crippen molar-refractivity contribution in [2.75, 3.05) is 0 Å². The van der Waals surface area contributed by atoms with E-state index in [4.69, 9.17) is 0 Å². The van der Waals surface area contributed by atoms with Crippen molar-refractivity contribution in [3.05, 3.63) is 112 Å². The van der Waals surface area contributed by atoms with Crippen LogP contribution in [0.15, 0.2) is 105 Å². The number of rotatable bonds is 24. The van der Waals surface area contributed by atoms with Crippen LogP contribution in [-0.4, -0.2) is 0 Å². The Kier molecular flexibility index (Phi) is 26.5. The molecule has 0 rings (SSSR count). The van der Waals surface area contributed by atoms with Crippen molar-refractivity contribution in [1.82, 2.24) is 0 Å².